The fourth-order valence-corrected chi connectivity index (χ4v) is 3.85. The second kappa shape index (κ2) is 7.36. The fourth-order valence-electron chi connectivity index (χ4n) is 2.76. The van der Waals surface area contributed by atoms with E-state index in [-0.39, 0.29) is 18.3 Å². The molecule has 3 rings (SSSR count). The molecule has 0 saturated heterocycles. The number of hydrogen-bond acceptors (Lipinski definition) is 3. The van der Waals surface area contributed by atoms with Crippen molar-refractivity contribution in [2.24, 2.45) is 0 Å². The molecule has 1 aromatic heterocycles. The van der Waals surface area contributed by atoms with E-state index in [2.05, 4.69) is 0 Å². The molecule has 0 fully saturated rings. The van der Waals surface area contributed by atoms with E-state index in [4.69, 9.17) is 17.3 Å². The van der Waals surface area contributed by atoms with E-state index in [9.17, 15) is 4.79 Å². The number of anilines is 2. The van der Waals surface area contributed by atoms with Crippen molar-refractivity contribution in [1.29, 1.82) is 0 Å². The number of hydrogen-bond donors (Lipinski definition) is 1. The van der Waals surface area contributed by atoms with Crippen LogP contribution in [0, 0.1) is 0 Å². The summed E-state index contributed by atoms with van der Waals surface area (Å²) in [7, 11) is 0. The Hall–Kier alpha value is -1.23. The second-order valence-corrected chi connectivity index (χ2v) is 7.00. The molecule has 2 N–H and O–H groups in total. The summed E-state index contributed by atoms with van der Waals surface area (Å²) in [4.78, 5) is 15.5. The lowest BCUT2D eigenvalue weighted by Gasteiger charge is -2.30. The quantitative estimate of drug-likeness (QED) is 0.832. The highest BCUT2D eigenvalue weighted by Gasteiger charge is 2.23. The van der Waals surface area contributed by atoms with Crippen LogP contribution in [-0.2, 0) is 17.6 Å². The maximum absolute atomic E-state index is 12.5. The first-order valence-electron chi connectivity index (χ1n) is 7.07. The first-order chi connectivity index (χ1) is 10.1. The standard InChI is InChI=1S/C16H17ClN2OS.ClH/c17-15-8-6-11(21-15)7-9-16(20)19-10-2-3-12-13(18)4-1-5-14(12)19;/h1,4-6,8H,2-3,7,9-10,18H2;1H. The largest absolute Gasteiger partial charge is 0.398 e. The van der Waals surface area contributed by atoms with Crippen LogP contribution in [0.5, 0.6) is 0 Å². The van der Waals surface area contributed by atoms with Gasteiger partial charge in [0.05, 0.1) is 4.34 Å². The molecule has 6 heteroatoms. The third kappa shape index (κ3) is 3.57. The van der Waals surface area contributed by atoms with Crippen LogP contribution in [0.3, 0.4) is 0 Å². The van der Waals surface area contributed by atoms with E-state index in [1.54, 1.807) is 0 Å². The van der Waals surface area contributed by atoms with E-state index in [1.165, 1.54) is 11.3 Å². The predicted octanol–water partition coefficient (Wildman–Crippen LogP) is 4.32. The maximum atomic E-state index is 12.5. The molecule has 2 heterocycles. The first-order valence-corrected chi connectivity index (χ1v) is 8.26. The minimum atomic E-state index is 0. The zero-order chi connectivity index (χ0) is 14.8. The van der Waals surface area contributed by atoms with E-state index in [0.29, 0.717) is 6.42 Å². The Kier molecular flexibility index (Phi) is 5.73. The van der Waals surface area contributed by atoms with Crippen LogP contribution in [0.25, 0.3) is 0 Å². The molecule has 22 heavy (non-hydrogen) atoms. The molecule has 0 spiro atoms. The number of carbonyl (C=O) groups is 1. The fraction of sp³-hybridized carbons (Fsp3) is 0.312. The number of halogens is 2. The molecule has 0 aliphatic carbocycles. The Morgan fingerprint density at radius 2 is 2.14 bits per heavy atom. The van der Waals surface area contributed by atoms with Crippen LogP contribution in [0.15, 0.2) is 30.3 Å². The van der Waals surface area contributed by atoms with Gasteiger partial charge in [-0.2, -0.15) is 0 Å². The number of nitrogens with two attached hydrogens (primary N) is 1. The minimum absolute atomic E-state index is 0. The van der Waals surface area contributed by atoms with E-state index >= 15 is 0 Å². The van der Waals surface area contributed by atoms with Crippen molar-refractivity contribution >= 4 is 52.6 Å². The highest BCUT2D eigenvalue weighted by atomic mass is 35.5. The van der Waals surface area contributed by atoms with Gasteiger partial charge >= 0.3 is 0 Å². The third-order valence-corrected chi connectivity index (χ3v) is 5.09. The number of rotatable bonds is 3. The molecule has 0 radical (unpaired) electrons. The van der Waals surface area contributed by atoms with Gasteiger partial charge in [0.1, 0.15) is 0 Å². The first kappa shape index (κ1) is 17.1. The smallest absolute Gasteiger partial charge is 0.227 e. The molecule has 0 atom stereocenters. The summed E-state index contributed by atoms with van der Waals surface area (Å²) in [6.45, 7) is 0.778. The van der Waals surface area contributed by atoms with Crippen molar-refractivity contribution in [2.45, 2.75) is 25.7 Å². The van der Waals surface area contributed by atoms with Crippen LogP contribution in [0.1, 0.15) is 23.3 Å². The van der Waals surface area contributed by atoms with Gasteiger partial charge in [-0.15, -0.1) is 23.7 Å². The van der Waals surface area contributed by atoms with Crippen molar-refractivity contribution < 1.29 is 4.79 Å². The lowest BCUT2D eigenvalue weighted by Crippen LogP contribution is -2.35. The SMILES string of the molecule is Cl.Nc1cccc2c1CCCN2C(=O)CCc1ccc(Cl)s1. The molecule has 1 aliphatic heterocycles. The number of benzene rings is 1. The Morgan fingerprint density at radius 1 is 1.32 bits per heavy atom. The molecule has 2 aromatic rings. The van der Waals surface area contributed by atoms with E-state index in [0.717, 1.165) is 52.0 Å². The molecule has 0 unspecified atom stereocenters. The van der Waals surface area contributed by atoms with Gasteiger partial charge in [0.25, 0.3) is 0 Å². The van der Waals surface area contributed by atoms with Crippen molar-refractivity contribution in [1.82, 2.24) is 0 Å². The lowest BCUT2D eigenvalue weighted by atomic mass is 9.99. The second-order valence-electron chi connectivity index (χ2n) is 5.20. The van der Waals surface area contributed by atoms with Crippen LogP contribution < -0.4 is 10.6 Å². The lowest BCUT2D eigenvalue weighted by molar-refractivity contribution is -0.118. The number of nitrogen functional groups attached to an aromatic ring is 1. The number of nitrogens with zero attached hydrogens (tertiary/aromatic N) is 1. The van der Waals surface area contributed by atoms with Gasteiger partial charge in [0.15, 0.2) is 0 Å². The van der Waals surface area contributed by atoms with Crippen LogP contribution in [-0.4, -0.2) is 12.5 Å². The molecule has 1 aromatic carbocycles. The van der Waals surface area contributed by atoms with Gasteiger partial charge < -0.3 is 10.6 Å². The molecular formula is C16H18Cl2N2OS. The summed E-state index contributed by atoms with van der Waals surface area (Å²) < 4.78 is 0.772. The average Bonchev–Trinajstić information content (AvgIpc) is 2.90. The summed E-state index contributed by atoms with van der Waals surface area (Å²) >= 11 is 7.46. The van der Waals surface area contributed by atoms with Gasteiger partial charge in [-0.25, -0.2) is 0 Å². The molecule has 1 aliphatic rings. The van der Waals surface area contributed by atoms with Gasteiger partial charge in [-0.1, -0.05) is 17.7 Å². The topological polar surface area (TPSA) is 46.3 Å². The van der Waals surface area contributed by atoms with Gasteiger partial charge in [-0.3, -0.25) is 4.79 Å². The molecule has 0 saturated carbocycles. The number of carbonyl (C=O) groups excluding carboxylic acids is 1. The van der Waals surface area contributed by atoms with Crippen molar-refractivity contribution in [2.75, 3.05) is 17.2 Å². The number of amides is 1. The number of thiophene rings is 1. The van der Waals surface area contributed by atoms with Crippen LogP contribution >= 0.6 is 35.3 Å². The van der Waals surface area contributed by atoms with Crippen molar-refractivity contribution in [3.8, 4) is 0 Å². The highest BCUT2D eigenvalue weighted by molar-refractivity contribution is 7.16. The molecular weight excluding hydrogens is 339 g/mol. The van der Waals surface area contributed by atoms with Gasteiger partial charge in [0.2, 0.25) is 5.91 Å². The summed E-state index contributed by atoms with van der Waals surface area (Å²) in [6, 6.07) is 9.68. The minimum Gasteiger partial charge on any atom is -0.398 e. The third-order valence-electron chi connectivity index (χ3n) is 3.80. The zero-order valence-electron chi connectivity index (χ0n) is 12.0. The maximum Gasteiger partial charge on any atom is 0.227 e. The number of fused-ring (bicyclic) bond motifs is 1. The van der Waals surface area contributed by atoms with E-state index < -0.39 is 0 Å². The van der Waals surface area contributed by atoms with Crippen LogP contribution in [0.4, 0.5) is 11.4 Å². The average molecular weight is 357 g/mol. The Bertz CT molecular complexity index is 672. The van der Waals surface area contributed by atoms with Gasteiger partial charge in [0, 0.05) is 29.2 Å². The Balaban J connectivity index is 0.00000176. The molecule has 3 nitrogen and oxygen atoms in total. The normalized spacial score (nSPS) is 13.4. The zero-order valence-corrected chi connectivity index (χ0v) is 14.4. The van der Waals surface area contributed by atoms with Crippen LogP contribution in [0.2, 0.25) is 4.34 Å². The molecule has 1 amide bonds. The summed E-state index contributed by atoms with van der Waals surface area (Å²) in [5.74, 6) is 0.158. The Labute approximate surface area is 145 Å². The molecule has 118 valence electrons. The summed E-state index contributed by atoms with van der Waals surface area (Å²) in [5, 5.41) is 0. The van der Waals surface area contributed by atoms with Crippen molar-refractivity contribution in [3.63, 3.8) is 0 Å². The van der Waals surface area contributed by atoms with Crippen molar-refractivity contribution in [3.05, 3.63) is 45.1 Å². The predicted molar refractivity (Wildman–Crippen MR) is 96.4 cm³/mol. The Morgan fingerprint density at radius 3 is 2.86 bits per heavy atom. The monoisotopic (exact) mass is 356 g/mol. The highest BCUT2D eigenvalue weighted by Crippen LogP contribution is 2.32. The van der Waals surface area contributed by atoms with Gasteiger partial charge in [-0.05, 0) is 49.1 Å². The number of aryl methyl sites for hydroxylation is 1. The van der Waals surface area contributed by atoms with E-state index in [1.807, 2.05) is 35.2 Å². The molecule has 0 bridgehead atoms. The summed E-state index contributed by atoms with van der Waals surface area (Å²) in [5.41, 5.74) is 8.90. The summed E-state index contributed by atoms with van der Waals surface area (Å²) in [6.07, 6.45) is 3.17.